The molecule has 0 aliphatic rings. The van der Waals surface area contributed by atoms with Crippen molar-refractivity contribution < 1.29 is 19.1 Å². The van der Waals surface area contributed by atoms with Crippen LogP contribution in [0.15, 0.2) is 18.2 Å². The van der Waals surface area contributed by atoms with Crippen LogP contribution in [0.3, 0.4) is 0 Å². The van der Waals surface area contributed by atoms with Gasteiger partial charge in [0.2, 0.25) is 0 Å². The molecular weight excluding hydrogens is 220 g/mol. The standard InChI is InChI=1S/C13H16O4/c1-4-5-13(15)17-12-8-10(16-3)6-7-11(12)9(2)14/h6-8H,4-5H2,1-3H3. The Kier molecular flexibility index (Phi) is 4.69. The summed E-state index contributed by atoms with van der Waals surface area (Å²) in [7, 11) is 1.51. The van der Waals surface area contributed by atoms with E-state index in [4.69, 9.17) is 9.47 Å². The summed E-state index contributed by atoms with van der Waals surface area (Å²) in [6, 6.07) is 4.80. The van der Waals surface area contributed by atoms with Crippen LogP contribution in [0.1, 0.15) is 37.0 Å². The number of carbonyl (C=O) groups excluding carboxylic acids is 2. The van der Waals surface area contributed by atoms with Crippen molar-refractivity contribution in [2.24, 2.45) is 0 Å². The number of ether oxygens (including phenoxy) is 2. The fraction of sp³-hybridized carbons (Fsp3) is 0.385. The van der Waals surface area contributed by atoms with E-state index in [-0.39, 0.29) is 17.5 Å². The van der Waals surface area contributed by atoms with E-state index in [0.29, 0.717) is 24.2 Å². The predicted octanol–water partition coefficient (Wildman–Crippen LogP) is 2.60. The van der Waals surface area contributed by atoms with E-state index in [1.54, 1.807) is 18.2 Å². The maximum absolute atomic E-state index is 11.4. The van der Waals surface area contributed by atoms with Crippen LogP contribution >= 0.6 is 0 Å². The van der Waals surface area contributed by atoms with Gasteiger partial charge < -0.3 is 9.47 Å². The van der Waals surface area contributed by atoms with Gasteiger partial charge in [0, 0.05) is 12.5 Å². The quantitative estimate of drug-likeness (QED) is 0.448. The van der Waals surface area contributed by atoms with Gasteiger partial charge in [0.15, 0.2) is 5.78 Å². The van der Waals surface area contributed by atoms with Crippen LogP contribution in [0.2, 0.25) is 0 Å². The number of hydrogen-bond donors (Lipinski definition) is 0. The number of ketones is 1. The summed E-state index contributed by atoms with van der Waals surface area (Å²) in [4.78, 5) is 22.8. The summed E-state index contributed by atoms with van der Waals surface area (Å²) in [5.74, 6) is 0.319. The summed E-state index contributed by atoms with van der Waals surface area (Å²) in [5, 5.41) is 0. The van der Waals surface area contributed by atoms with Gasteiger partial charge in [-0.05, 0) is 25.5 Å². The van der Waals surface area contributed by atoms with Crippen molar-refractivity contribution in [2.75, 3.05) is 7.11 Å². The van der Waals surface area contributed by atoms with Gasteiger partial charge in [0.1, 0.15) is 11.5 Å². The molecule has 0 aliphatic heterocycles. The monoisotopic (exact) mass is 236 g/mol. The smallest absolute Gasteiger partial charge is 0.311 e. The molecule has 0 aliphatic carbocycles. The molecule has 0 heterocycles. The molecule has 0 bridgehead atoms. The zero-order valence-corrected chi connectivity index (χ0v) is 10.3. The summed E-state index contributed by atoms with van der Waals surface area (Å²) in [6.07, 6.45) is 1.03. The molecule has 0 saturated heterocycles. The van der Waals surface area contributed by atoms with Crippen LogP contribution in [0.25, 0.3) is 0 Å². The molecule has 0 saturated carbocycles. The Hall–Kier alpha value is -1.84. The Bertz CT molecular complexity index is 423. The molecule has 0 aromatic heterocycles. The molecule has 0 N–H and O–H groups in total. The van der Waals surface area contributed by atoms with Crippen LogP contribution in [0.4, 0.5) is 0 Å². The largest absolute Gasteiger partial charge is 0.497 e. The van der Waals surface area contributed by atoms with E-state index in [1.165, 1.54) is 14.0 Å². The van der Waals surface area contributed by atoms with Crippen molar-refractivity contribution >= 4 is 11.8 Å². The maximum atomic E-state index is 11.4. The predicted molar refractivity (Wildman–Crippen MR) is 63.5 cm³/mol. The molecular formula is C13H16O4. The van der Waals surface area contributed by atoms with E-state index < -0.39 is 0 Å². The molecule has 0 amide bonds. The topological polar surface area (TPSA) is 52.6 Å². The first-order valence-electron chi connectivity index (χ1n) is 5.48. The average Bonchev–Trinajstić information content (AvgIpc) is 2.28. The Balaban J connectivity index is 3.00. The molecule has 17 heavy (non-hydrogen) atoms. The van der Waals surface area contributed by atoms with Gasteiger partial charge in [0.05, 0.1) is 12.7 Å². The van der Waals surface area contributed by atoms with E-state index in [2.05, 4.69) is 0 Å². The van der Waals surface area contributed by atoms with Crippen molar-refractivity contribution in [3.8, 4) is 11.5 Å². The molecule has 0 fully saturated rings. The molecule has 0 unspecified atom stereocenters. The molecule has 4 nitrogen and oxygen atoms in total. The highest BCUT2D eigenvalue weighted by molar-refractivity contribution is 5.97. The average molecular weight is 236 g/mol. The van der Waals surface area contributed by atoms with Crippen molar-refractivity contribution in [1.82, 2.24) is 0 Å². The van der Waals surface area contributed by atoms with Crippen LogP contribution in [-0.4, -0.2) is 18.9 Å². The lowest BCUT2D eigenvalue weighted by atomic mass is 10.1. The number of benzene rings is 1. The van der Waals surface area contributed by atoms with Gasteiger partial charge in [0.25, 0.3) is 0 Å². The fourth-order valence-corrected chi connectivity index (χ4v) is 1.38. The number of hydrogen-bond acceptors (Lipinski definition) is 4. The first-order valence-corrected chi connectivity index (χ1v) is 5.48. The minimum absolute atomic E-state index is 0.146. The summed E-state index contributed by atoms with van der Waals surface area (Å²) >= 11 is 0. The molecule has 4 heteroatoms. The molecule has 0 spiro atoms. The highest BCUT2D eigenvalue weighted by Crippen LogP contribution is 2.25. The molecule has 0 radical (unpaired) electrons. The zero-order valence-electron chi connectivity index (χ0n) is 10.3. The van der Waals surface area contributed by atoms with Crippen molar-refractivity contribution in [2.45, 2.75) is 26.7 Å². The lowest BCUT2D eigenvalue weighted by Crippen LogP contribution is -2.10. The number of rotatable bonds is 5. The second kappa shape index (κ2) is 6.03. The van der Waals surface area contributed by atoms with Gasteiger partial charge in [-0.3, -0.25) is 9.59 Å². The van der Waals surface area contributed by atoms with E-state index in [9.17, 15) is 9.59 Å². The second-order valence-electron chi connectivity index (χ2n) is 3.64. The zero-order chi connectivity index (χ0) is 12.8. The van der Waals surface area contributed by atoms with Crippen molar-refractivity contribution in [3.63, 3.8) is 0 Å². The Morgan fingerprint density at radius 2 is 2.00 bits per heavy atom. The Morgan fingerprint density at radius 1 is 1.29 bits per heavy atom. The van der Waals surface area contributed by atoms with Crippen LogP contribution in [-0.2, 0) is 4.79 Å². The van der Waals surface area contributed by atoms with Crippen LogP contribution in [0.5, 0.6) is 11.5 Å². The van der Waals surface area contributed by atoms with Crippen LogP contribution < -0.4 is 9.47 Å². The molecule has 1 aromatic rings. The second-order valence-corrected chi connectivity index (χ2v) is 3.64. The van der Waals surface area contributed by atoms with Crippen LogP contribution in [0, 0.1) is 0 Å². The summed E-state index contributed by atoms with van der Waals surface area (Å²) in [6.45, 7) is 3.32. The molecule has 0 atom stereocenters. The molecule has 1 aromatic carbocycles. The van der Waals surface area contributed by atoms with Gasteiger partial charge in [-0.15, -0.1) is 0 Å². The number of esters is 1. The number of carbonyl (C=O) groups is 2. The Labute approximate surface area is 101 Å². The van der Waals surface area contributed by atoms with E-state index in [0.717, 1.165) is 0 Å². The third-order valence-corrected chi connectivity index (χ3v) is 2.25. The van der Waals surface area contributed by atoms with Gasteiger partial charge >= 0.3 is 5.97 Å². The summed E-state index contributed by atoms with van der Waals surface area (Å²) in [5.41, 5.74) is 0.384. The molecule has 92 valence electrons. The van der Waals surface area contributed by atoms with E-state index >= 15 is 0 Å². The lowest BCUT2D eigenvalue weighted by Gasteiger charge is -2.09. The summed E-state index contributed by atoms with van der Waals surface area (Å²) < 4.78 is 10.2. The Morgan fingerprint density at radius 3 is 2.53 bits per heavy atom. The highest BCUT2D eigenvalue weighted by atomic mass is 16.5. The van der Waals surface area contributed by atoms with Gasteiger partial charge in [-0.2, -0.15) is 0 Å². The minimum Gasteiger partial charge on any atom is -0.497 e. The lowest BCUT2D eigenvalue weighted by molar-refractivity contribution is -0.134. The first-order chi connectivity index (χ1) is 8.08. The number of methoxy groups -OCH3 is 1. The van der Waals surface area contributed by atoms with Gasteiger partial charge in [-0.25, -0.2) is 0 Å². The maximum Gasteiger partial charge on any atom is 0.311 e. The number of Topliss-reactive ketones (excluding diaryl/α,β-unsaturated/α-hetero) is 1. The first kappa shape index (κ1) is 13.2. The minimum atomic E-state index is -0.344. The normalized spacial score (nSPS) is 9.82. The fourth-order valence-electron chi connectivity index (χ4n) is 1.38. The van der Waals surface area contributed by atoms with Gasteiger partial charge in [-0.1, -0.05) is 6.92 Å². The SMILES string of the molecule is CCCC(=O)Oc1cc(OC)ccc1C(C)=O. The third-order valence-electron chi connectivity index (χ3n) is 2.25. The van der Waals surface area contributed by atoms with Crippen molar-refractivity contribution in [3.05, 3.63) is 23.8 Å². The van der Waals surface area contributed by atoms with Crippen molar-refractivity contribution in [1.29, 1.82) is 0 Å². The third kappa shape index (κ3) is 3.59. The van der Waals surface area contributed by atoms with E-state index in [1.807, 2.05) is 6.92 Å². The molecule has 1 rings (SSSR count). The highest BCUT2D eigenvalue weighted by Gasteiger charge is 2.13.